The van der Waals surface area contributed by atoms with Crippen molar-refractivity contribution >= 4 is 6.09 Å². The third kappa shape index (κ3) is 6.47. The molecule has 3 rings (SSSR count). The second-order valence-electron chi connectivity index (χ2n) is 7.87. The number of aromatic nitrogens is 1. The zero-order chi connectivity index (χ0) is 22.4. The van der Waals surface area contributed by atoms with E-state index in [4.69, 9.17) is 14.7 Å². The van der Waals surface area contributed by atoms with Crippen LogP contribution in [0.15, 0.2) is 18.3 Å². The molecule has 0 spiro atoms. The molecular formula is C21H26F3N3O4. The lowest BCUT2D eigenvalue weighted by molar-refractivity contribution is -0.200. The van der Waals surface area contributed by atoms with Crippen molar-refractivity contribution < 1.29 is 32.2 Å². The Morgan fingerprint density at radius 1 is 1.16 bits per heavy atom. The van der Waals surface area contributed by atoms with Gasteiger partial charge in [0.05, 0.1) is 18.3 Å². The first kappa shape index (κ1) is 23.1. The van der Waals surface area contributed by atoms with Gasteiger partial charge < -0.3 is 19.1 Å². The highest BCUT2D eigenvalue weighted by molar-refractivity contribution is 5.68. The molecule has 31 heavy (non-hydrogen) atoms. The highest BCUT2D eigenvalue weighted by Gasteiger charge is 2.40. The van der Waals surface area contributed by atoms with E-state index >= 15 is 0 Å². The minimum atomic E-state index is -4.56. The predicted molar refractivity (Wildman–Crippen MR) is 103 cm³/mol. The van der Waals surface area contributed by atoms with Crippen molar-refractivity contribution in [3.63, 3.8) is 0 Å². The highest BCUT2D eigenvalue weighted by Crippen LogP contribution is 2.29. The second kappa shape index (κ2) is 10.2. The molecule has 2 fully saturated rings. The number of piperidine rings is 1. The van der Waals surface area contributed by atoms with Crippen LogP contribution in [-0.2, 0) is 9.47 Å². The van der Waals surface area contributed by atoms with E-state index in [1.165, 1.54) is 4.90 Å². The summed E-state index contributed by atoms with van der Waals surface area (Å²) in [6.45, 7) is 1.44. The lowest BCUT2D eigenvalue weighted by Gasteiger charge is -2.36. The van der Waals surface area contributed by atoms with Gasteiger partial charge in [0, 0.05) is 19.3 Å². The Bertz CT molecular complexity index is 783. The molecule has 1 aliphatic heterocycles. The average molecular weight is 441 g/mol. The van der Waals surface area contributed by atoms with Gasteiger partial charge in [-0.05, 0) is 57.6 Å². The maximum atomic E-state index is 12.5. The van der Waals surface area contributed by atoms with Crippen LogP contribution in [0.4, 0.5) is 18.0 Å². The SMILES string of the molecule is C[C@@H](OC(=O)N1CCC(O[C@H]2CC[C@H](Oc3cccnc3C#N)CC2)CC1)C(F)(F)F. The Balaban J connectivity index is 1.37. The molecule has 170 valence electrons. The minimum absolute atomic E-state index is 0.00314. The van der Waals surface area contributed by atoms with E-state index in [9.17, 15) is 18.0 Å². The lowest BCUT2D eigenvalue weighted by Crippen LogP contribution is -2.44. The Kier molecular flexibility index (Phi) is 7.59. The fraction of sp³-hybridized carbons (Fsp3) is 0.667. The molecule has 0 N–H and O–H groups in total. The standard InChI is InChI=1S/C21H26F3N3O4/c1-14(21(22,23)24)29-20(28)27-11-8-17(9-12-27)30-15-4-6-16(7-5-15)31-19-3-2-10-26-18(19)13-25/h2-3,10,14-17H,4-9,11-12H2,1H3/t14-,15-,16-/m1/s1. The van der Waals surface area contributed by atoms with Crippen LogP contribution in [0.1, 0.15) is 51.1 Å². The highest BCUT2D eigenvalue weighted by atomic mass is 19.4. The average Bonchev–Trinajstić information content (AvgIpc) is 2.75. The number of hydrogen-bond donors (Lipinski definition) is 0. The van der Waals surface area contributed by atoms with Gasteiger partial charge >= 0.3 is 12.3 Å². The summed E-state index contributed by atoms with van der Waals surface area (Å²) in [6, 6.07) is 5.50. The molecule has 0 unspecified atom stereocenters. The number of alkyl halides is 3. The molecule has 1 atom stereocenters. The van der Waals surface area contributed by atoms with Crippen molar-refractivity contribution in [2.24, 2.45) is 0 Å². The van der Waals surface area contributed by atoms with Crippen LogP contribution in [0.2, 0.25) is 0 Å². The summed E-state index contributed by atoms with van der Waals surface area (Å²) in [7, 11) is 0. The maximum absolute atomic E-state index is 12.5. The fourth-order valence-corrected chi connectivity index (χ4v) is 3.77. The molecule has 0 radical (unpaired) electrons. The number of rotatable bonds is 5. The van der Waals surface area contributed by atoms with Crippen LogP contribution in [0, 0.1) is 11.3 Å². The van der Waals surface area contributed by atoms with Gasteiger partial charge in [0.25, 0.3) is 0 Å². The molecule has 1 amide bonds. The molecule has 1 aromatic rings. The smallest absolute Gasteiger partial charge is 0.425 e. The molecule has 0 aromatic carbocycles. The summed E-state index contributed by atoms with van der Waals surface area (Å²) in [4.78, 5) is 17.2. The Hall–Kier alpha value is -2.54. The van der Waals surface area contributed by atoms with Crippen LogP contribution in [0.3, 0.4) is 0 Å². The van der Waals surface area contributed by atoms with Crippen LogP contribution in [-0.4, -0.2) is 59.7 Å². The van der Waals surface area contributed by atoms with Gasteiger partial charge in [0.1, 0.15) is 6.07 Å². The first-order valence-electron chi connectivity index (χ1n) is 10.5. The van der Waals surface area contributed by atoms with E-state index in [2.05, 4.69) is 9.72 Å². The molecule has 1 aliphatic carbocycles. The number of likely N-dealkylation sites (tertiary alicyclic amines) is 1. The van der Waals surface area contributed by atoms with E-state index in [0.29, 0.717) is 31.7 Å². The monoisotopic (exact) mass is 441 g/mol. The minimum Gasteiger partial charge on any atom is -0.487 e. The van der Waals surface area contributed by atoms with E-state index in [-0.39, 0.29) is 24.0 Å². The summed E-state index contributed by atoms with van der Waals surface area (Å²) in [6.07, 6.45) is -1.66. The van der Waals surface area contributed by atoms with Crippen molar-refractivity contribution in [2.75, 3.05) is 13.1 Å². The number of carbonyl (C=O) groups excluding carboxylic acids is 1. The van der Waals surface area contributed by atoms with E-state index in [1.54, 1.807) is 18.3 Å². The first-order valence-corrected chi connectivity index (χ1v) is 10.5. The topological polar surface area (TPSA) is 84.7 Å². The number of amides is 1. The molecule has 10 heteroatoms. The zero-order valence-electron chi connectivity index (χ0n) is 17.3. The van der Waals surface area contributed by atoms with Gasteiger partial charge in [-0.3, -0.25) is 0 Å². The van der Waals surface area contributed by atoms with Crippen molar-refractivity contribution in [3.8, 4) is 11.8 Å². The largest absolute Gasteiger partial charge is 0.487 e. The van der Waals surface area contributed by atoms with E-state index in [0.717, 1.165) is 32.6 Å². The number of pyridine rings is 1. The van der Waals surface area contributed by atoms with Gasteiger partial charge in [0.2, 0.25) is 0 Å². The molecular weight excluding hydrogens is 415 g/mol. The van der Waals surface area contributed by atoms with Crippen molar-refractivity contribution in [2.45, 2.75) is 76.0 Å². The predicted octanol–water partition coefficient (Wildman–Crippen LogP) is 4.21. The molecule has 0 bridgehead atoms. The molecule has 1 aromatic heterocycles. The summed E-state index contributed by atoms with van der Waals surface area (Å²) in [5, 5.41) is 9.11. The summed E-state index contributed by atoms with van der Waals surface area (Å²) in [5.74, 6) is 0.494. The number of halogens is 3. The van der Waals surface area contributed by atoms with E-state index in [1.807, 2.05) is 6.07 Å². The number of nitrogens with zero attached hydrogens (tertiary/aromatic N) is 3. The van der Waals surface area contributed by atoms with Crippen LogP contribution in [0.25, 0.3) is 0 Å². The van der Waals surface area contributed by atoms with Gasteiger partial charge in [-0.25, -0.2) is 9.78 Å². The van der Waals surface area contributed by atoms with Gasteiger partial charge in [-0.15, -0.1) is 0 Å². The van der Waals surface area contributed by atoms with Crippen LogP contribution in [0.5, 0.6) is 5.75 Å². The van der Waals surface area contributed by atoms with Crippen LogP contribution >= 0.6 is 0 Å². The number of carbonyl (C=O) groups is 1. The van der Waals surface area contributed by atoms with Gasteiger partial charge in [-0.2, -0.15) is 18.4 Å². The van der Waals surface area contributed by atoms with Crippen molar-refractivity contribution in [3.05, 3.63) is 24.0 Å². The van der Waals surface area contributed by atoms with Crippen molar-refractivity contribution in [1.29, 1.82) is 5.26 Å². The maximum Gasteiger partial charge on any atom is 0.425 e. The van der Waals surface area contributed by atoms with Gasteiger partial charge in [0.15, 0.2) is 17.5 Å². The fourth-order valence-electron chi connectivity index (χ4n) is 3.77. The lowest BCUT2D eigenvalue weighted by atomic mass is 9.94. The van der Waals surface area contributed by atoms with Crippen LogP contribution < -0.4 is 4.74 Å². The van der Waals surface area contributed by atoms with Crippen molar-refractivity contribution in [1.82, 2.24) is 9.88 Å². The quantitative estimate of drug-likeness (QED) is 0.681. The molecule has 2 aliphatic rings. The normalized spacial score (nSPS) is 23.6. The van der Waals surface area contributed by atoms with E-state index < -0.39 is 18.4 Å². The number of ether oxygens (including phenoxy) is 3. The third-order valence-electron chi connectivity index (χ3n) is 5.62. The Morgan fingerprint density at radius 2 is 1.77 bits per heavy atom. The summed E-state index contributed by atoms with van der Waals surface area (Å²) < 4.78 is 54.2. The molecule has 2 heterocycles. The molecule has 1 saturated heterocycles. The summed E-state index contributed by atoms with van der Waals surface area (Å²) >= 11 is 0. The molecule has 1 saturated carbocycles. The summed E-state index contributed by atoms with van der Waals surface area (Å²) in [5.41, 5.74) is 0.274. The Labute approximate surface area is 179 Å². The first-order chi connectivity index (χ1) is 14.8. The third-order valence-corrected chi connectivity index (χ3v) is 5.62. The Morgan fingerprint density at radius 3 is 2.39 bits per heavy atom. The molecule has 7 nitrogen and oxygen atoms in total. The zero-order valence-corrected chi connectivity index (χ0v) is 17.3. The second-order valence-corrected chi connectivity index (χ2v) is 7.87. The number of hydrogen-bond acceptors (Lipinski definition) is 6. The van der Waals surface area contributed by atoms with Gasteiger partial charge in [-0.1, -0.05) is 0 Å². The number of nitriles is 1.